The quantitative estimate of drug-likeness (QED) is 0.562. The van der Waals surface area contributed by atoms with E-state index < -0.39 is 33.7 Å². The lowest BCUT2D eigenvalue weighted by Gasteiger charge is -2.22. The van der Waals surface area contributed by atoms with Gasteiger partial charge in [0, 0.05) is 12.1 Å². The molecule has 0 bridgehead atoms. The monoisotopic (exact) mass is 496 g/mol. The van der Waals surface area contributed by atoms with Crippen LogP contribution >= 0.6 is 11.3 Å². The van der Waals surface area contributed by atoms with Gasteiger partial charge in [-0.05, 0) is 42.5 Å². The van der Waals surface area contributed by atoms with Crippen LogP contribution in [-0.4, -0.2) is 41.2 Å². The van der Waals surface area contributed by atoms with E-state index >= 15 is 0 Å². The third-order valence-electron chi connectivity index (χ3n) is 5.24. The Hall–Kier alpha value is -2.83. The zero-order valence-corrected chi connectivity index (χ0v) is 18.8. The topological polar surface area (TPSA) is 92.3 Å². The summed E-state index contributed by atoms with van der Waals surface area (Å²) >= 11 is 1.10. The number of rotatable bonds is 6. The first kappa shape index (κ1) is 23.3. The van der Waals surface area contributed by atoms with Crippen LogP contribution in [0.3, 0.4) is 0 Å². The lowest BCUT2D eigenvalue weighted by atomic mass is 10.1. The minimum Gasteiger partial charge on any atom is -0.349 e. The van der Waals surface area contributed by atoms with Gasteiger partial charge in [0.25, 0.3) is 10.0 Å². The third kappa shape index (κ3) is 5.07. The zero-order valence-electron chi connectivity index (χ0n) is 17.1. The zero-order chi connectivity index (χ0) is 23.6. The second-order valence-corrected chi connectivity index (χ2v) is 10.5. The molecule has 1 amide bonds. The van der Waals surface area contributed by atoms with Gasteiger partial charge in [-0.2, -0.15) is 17.5 Å². The lowest BCUT2D eigenvalue weighted by Crippen LogP contribution is -2.45. The van der Waals surface area contributed by atoms with Gasteiger partial charge in [-0.3, -0.25) is 4.79 Å². The number of nitrogens with zero attached hydrogens (tertiary/aromatic N) is 3. The van der Waals surface area contributed by atoms with Crippen molar-refractivity contribution in [3.63, 3.8) is 0 Å². The van der Waals surface area contributed by atoms with Crippen LogP contribution in [0, 0.1) is 0 Å². The molecule has 3 heterocycles. The Morgan fingerprint density at radius 1 is 1.18 bits per heavy atom. The highest BCUT2D eigenvalue weighted by Gasteiger charge is 2.39. The van der Waals surface area contributed by atoms with E-state index in [9.17, 15) is 26.4 Å². The third-order valence-corrected chi connectivity index (χ3v) is 8.52. The number of hydrogen-bond donors (Lipinski definition) is 1. The van der Waals surface area contributed by atoms with E-state index in [0.717, 1.165) is 23.5 Å². The number of amides is 1. The molecule has 2 aromatic heterocycles. The molecule has 1 fully saturated rings. The van der Waals surface area contributed by atoms with Crippen molar-refractivity contribution in [2.45, 2.75) is 35.8 Å². The van der Waals surface area contributed by atoms with Crippen molar-refractivity contribution in [3.05, 3.63) is 65.4 Å². The van der Waals surface area contributed by atoms with Crippen molar-refractivity contribution in [3.8, 4) is 11.3 Å². The van der Waals surface area contributed by atoms with Gasteiger partial charge in [0.05, 0.1) is 23.5 Å². The molecule has 12 heteroatoms. The number of carbonyl (C=O) groups excluding carboxylic acids is 1. The van der Waals surface area contributed by atoms with Gasteiger partial charge in [0.2, 0.25) is 5.91 Å². The minimum absolute atomic E-state index is 0.0262. The summed E-state index contributed by atoms with van der Waals surface area (Å²) in [6.07, 6.45) is -2.17. The number of nitrogens with one attached hydrogen (secondary N) is 1. The van der Waals surface area contributed by atoms with E-state index in [1.54, 1.807) is 17.5 Å². The number of aromatic nitrogens is 2. The maximum Gasteiger partial charge on any atom is 0.416 e. The molecule has 33 heavy (non-hydrogen) atoms. The summed E-state index contributed by atoms with van der Waals surface area (Å²) in [5, 5.41) is 4.38. The molecular weight excluding hydrogens is 477 g/mol. The highest BCUT2D eigenvalue weighted by atomic mass is 32.2. The molecule has 3 aromatic rings. The van der Waals surface area contributed by atoms with Crippen molar-refractivity contribution in [1.82, 2.24) is 19.6 Å². The molecule has 174 valence electrons. The summed E-state index contributed by atoms with van der Waals surface area (Å²) in [6.45, 7) is 0.294. The summed E-state index contributed by atoms with van der Waals surface area (Å²) in [5.41, 5.74) is 0.568. The predicted octanol–water partition coefficient (Wildman–Crippen LogP) is 3.69. The van der Waals surface area contributed by atoms with Crippen molar-refractivity contribution >= 4 is 27.3 Å². The minimum atomic E-state index is -4.43. The van der Waals surface area contributed by atoms with Gasteiger partial charge in [-0.15, -0.1) is 11.3 Å². The number of benzene rings is 1. The van der Waals surface area contributed by atoms with Crippen molar-refractivity contribution in [2.75, 3.05) is 6.54 Å². The molecule has 0 radical (unpaired) electrons. The highest BCUT2D eigenvalue weighted by molar-refractivity contribution is 7.91. The molecule has 0 saturated carbocycles. The number of carbonyl (C=O) groups is 1. The van der Waals surface area contributed by atoms with Crippen LogP contribution in [0.2, 0.25) is 0 Å². The molecule has 1 N–H and O–H groups in total. The van der Waals surface area contributed by atoms with E-state index in [4.69, 9.17) is 0 Å². The van der Waals surface area contributed by atoms with Crippen LogP contribution in [0.25, 0.3) is 11.3 Å². The fraction of sp³-hybridized carbons (Fsp3) is 0.286. The summed E-state index contributed by atoms with van der Waals surface area (Å²) in [7, 11) is -3.74. The first-order valence-electron chi connectivity index (χ1n) is 9.98. The second-order valence-electron chi connectivity index (χ2n) is 7.39. The number of sulfonamides is 1. The molecule has 1 aromatic carbocycles. The van der Waals surface area contributed by atoms with Crippen LogP contribution in [0.5, 0.6) is 0 Å². The fourth-order valence-corrected chi connectivity index (χ4v) is 6.37. The first-order chi connectivity index (χ1) is 15.7. The van der Waals surface area contributed by atoms with Crippen LogP contribution in [0.4, 0.5) is 13.2 Å². The predicted molar refractivity (Wildman–Crippen MR) is 116 cm³/mol. The van der Waals surface area contributed by atoms with Gasteiger partial charge in [0.1, 0.15) is 16.6 Å². The molecular formula is C21H19F3N4O3S2. The van der Waals surface area contributed by atoms with Gasteiger partial charge in [-0.1, -0.05) is 18.2 Å². The molecule has 1 aliphatic rings. The van der Waals surface area contributed by atoms with Crippen LogP contribution in [-0.2, 0) is 27.5 Å². The molecule has 0 spiro atoms. The molecule has 0 unspecified atom stereocenters. The standard InChI is InChI=1S/C21H19F3N4O3S2/c22-21(23,24)15-7-5-14(6-8-15)17-11-16(26-13-27-17)12-25-20(29)18-3-1-9-28(18)33(30,31)19-4-2-10-32-19/h2,4-8,10-11,13,18H,1,3,9,12H2,(H,25,29)/t18-/m0/s1. The molecule has 1 atom stereocenters. The number of hydrogen-bond acceptors (Lipinski definition) is 6. The van der Waals surface area contributed by atoms with E-state index in [1.807, 2.05) is 0 Å². The van der Waals surface area contributed by atoms with Crippen molar-refractivity contribution in [2.24, 2.45) is 0 Å². The Bertz CT molecular complexity index is 1230. The molecule has 0 aliphatic carbocycles. The van der Waals surface area contributed by atoms with Crippen LogP contribution in [0.15, 0.2) is 58.4 Å². The van der Waals surface area contributed by atoms with E-state index in [-0.39, 0.29) is 17.3 Å². The summed E-state index contributed by atoms with van der Waals surface area (Å²) in [5.74, 6) is -0.428. The average Bonchev–Trinajstić information content (AvgIpc) is 3.50. The Morgan fingerprint density at radius 2 is 1.94 bits per heavy atom. The summed E-state index contributed by atoms with van der Waals surface area (Å²) in [4.78, 5) is 20.9. The fourth-order valence-electron chi connectivity index (χ4n) is 3.59. The van der Waals surface area contributed by atoms with Crippen molar-refractivity contribution < 1.29 is 26.4 Å². The van der Waals surface area contributed by atoms with E-state index in [0.29, 0.717) is 29.8 Å². The number of alkyl halides is 3. The maximum atomic E-state index is 12.8. The Morgan fingerprint density at radius 3 is 2.61 bits per heavy atom. The van der Waals surface area contributed by atoms with Gasteiger partial charge in [0.15, 0.2) is 0 Å². The van der Waals surface area contributed by atoms with E-state index in [2.05, 4.69) is 15.3 Å². The van der Waals surface area contributed by atoms with Gasteiger partial charge in [-0.25, -0.2) is 18.4 Å². The normalized spacial score (nSPS) is 17.2. The highest BCUT2D eigenvalue weighted by Crippen LogP contribution is 2.31. The Kier molecular flexibility index (Phi) is 6.50. The summed E-state index contributed by atoms with van der Waals surface area (Å²) in [6, 6.07) is 8.50. The van der Waals surface area contributed by atoms with Crippen LogP contribution < -0.4 is 5.32 Å². The second kappa shape index (κ2) is 9.20. The largest absolute Gasteiger partial charge is 0.416 e. The van der Waals surface area contributed by atoms with Crippen LogP contribution in [0.1, 0.15) is 24.1 Å². The number of thiophene rings is 1. The summed E-state index contributed by atoms with van der Waals surface area (Å²) < 4.78 is 65.4. The van der Waals surface area contributed by atoms with Gasteiger partial charge < -0.3 is 5.32 Å². The number of halogens is 3. The lowest BCUT2D eigenvalue weighted by molar-refractivity contribution is -0.137. The Labute approximate surface area is 192 Å². The average molecular weight is 497 g/mol. The van der Waals surface area contributed by atoms with Gasteiger partial charge >= 0.3 is 6.18 Å². The van der Waals surface area contributed by atoms with E-state index in [1.165, 1.54) is 28.8 Å². The maximum absolute atomic E-state index is 12.8. The molecule has 1 aliphatic heterocycles. The van der Waals surface area contributed by atoms with Crippen molar-refractivity contribution in [1.29, 1.82) is 0 Å². The molecule has 1 saturated heterocycles. The first-order valence-corrected chi connectivity index (χ1v) is 12.3. The smallest absolute Gasteiger partial charge is 0.349 e. The molecule has 7 nitrogen and oxygen atoms in total. The molecule has 4 rings (SSSR count). The SMILES string of the molecule is O=C(NCc1cc(-c2ccc(C(F)(F)F)cc2)ncn1)[C@@H]1CCCN1S(=O)(=O)c1cccs1. The Balaban J connectivity index is 1.44.